The molecule has 0 aliphatic carbocycles. The Morgan fingerprint density at radius 1 is 1.24 bits per heavy atom. The number of amides is 1. The Morgan fingerprint density at radius 3 is 2.82 bits per heavy atom. The smallest absolute Gasteiger partial charge is 0.270 e. The molecule has 2 aromatic rings. The fourth-order valence-electron chi connectivity index (χ4n) is 1.34. The van der Waals surface area contributed by atoms with Crippen LogP contribution >= 0.6 is 0 Å². The average Bonchev–Trinajstić information content (AvgIpc) is 2.37. The molecule has 0 aliphatic rings. The summed E-state index contributed by atoms with van der Waals surface area (Å²) < 4.78 is 0. The highest BCUT2D eigenvalue weighted by Gasteiger charge is 2.06. The number of nitrogen functional groups attached to an aromatic ring is 1. The van der Waals surface area contributed by atoms with Crippen LogP contribution in [0.4, 0.5) is 5.69 Å². The molecular weight excluding hydrogens is 216 g/mol. The Morgan fingerprint density at radius 2 is 2.12 bits per heavy atom. The van der Waals surface area contributed by atoms with E-state index in [0.29, 0.717) is 17.9 Å². The molecule has 0 atom stereocenters. The van der Waals surface area contributed by atoms with Gasteiger partial charge in [-0.1, -0.05) is 6.07 Å². The van der Waals surface area contributed by atoms with Gasteiger partial charge in [0.2, 0.25) is 0 Å². The maximum atomic E-state index is 11.7. The Labute approximate surface area is 98.7 Å². The lowest BCUT2D eigenvalue weighted by atomic mass is 10.3. The fraction of sp³-hybridized carbons (Fsp3) is 0.0833. The maximum absolute atomic E-state index is 11.7. The van der Waals surface area contributed by atoms with Gasteiger partial charge in [0.1, 0.15) is 5.69 Å². The minimum Gasteiger partial charge on any atom is -0.399 e. The lowest BCUT2D eigenvalue weighted by molar-refractivity contribution is 0.0945. The number of carbonyl (C=O) groups is 1. The summed E-state index contributed by atoms with van der Waals surface area (Å²) in [6.45, 7) is 0.371. The van der Waals surface area contributed by atoms with Crippen LogP contribution in [0.2, 0.25) is 0 Å². The van der Waals surface area contributed by atoms with E-state index in [2.05, 4.69) is 15.3 Å². The van der Waals surface area contributed by atoms with Crippen LogP contribution < -0.4 is 11.1 Å². The number of nitrogens with zero attached hydrogens (tertiary/aromatic N) is 2. The van der Waals surface area contributed by atoms with Gasteiger partial charge in [0.25, 0.3) is 5.91 Å². The molecule has 1 amide bonds. The fourth-order valence-corrected chi connectivity index (χ4v) is 1.34. The van der Waals surface area contributed by atoms with Crippen molar-refractivity contribution in [2.24, 2.45) is 0 Å². The molecule has 0 aromatic carbocycles. The lowest BCUT2D eigenvalue weighted by Gasteiger charge is -2.04. The molecule has 0 fully saturated rings. The molecule has 0 radical (unpaired) electrons. The van der Waals surface area contributed by atoms with Crippen molar-refractivity contribution in [3.05, 3.63) is 54.1 Å². The molecule has 5 heteroatoms. The van der Waals surface area contributed by atoms with E-state index in [1.54, 1.807) is 12.3 Å². The second kappa shape index (κ2) is 5.07. The number of pyridine rings is 2. The summed E-state index contributed by atoms with van der Waals surface area (Å²) in [5, 5.41) is 2.72. The van der Waals surface area contributed by atoms with Gasteiger partial charge in [-0.2, -0.15) is 0 Å². The first-order valence-corrected chi connectivity index (χ1v) is 5.15. The van der Waals surface area contributed by atoms with Crippen LogP contribution in [-0.4, -0.2) is 15.9 Å². The largest absolute Gasteiger partial charge is 0.399 e. The zero-order chi connectivity index (χ0) is 12.1. The lowest BCUT2D eigenvalue weighted by Crippen LogP contribution is -2.24. The minimum absolute atomic E-state index is 0.261. The molecule has 3 N–H and O–H groups in total. The summed E-state index contributed by atoms with van der Waals surface area (Å²) in [5.74, 6) is -0.261. The third-order valence-corrected chi connectivity index (χ3v) is 2.17. The van der Waals surface area contributed by atoms with E-state index in [0.717, 1.165) is 5.69 Å². The molecular formula is C12H12N4O. The van der Waals surface area contributed by atoms with E-state index in [-0.39, 0.29) is 5.91 Å². The van der Waals surface area contributed by atoms with Crippen LogP contribution in [0.25, 0.3) is 0 Å². The molecule has 0 unspecified atom stereocenters. The van der Waals surface area contributed by atoms with Crippen molar-refractivity contribution >= 4 is 11.6 Å². The highest BCUT2D eigenvalue weighted by Crippen LogP contribution is 2.03. The topological polar surface area (TPSA) is 80.9 Å². The van der Waals surface area contributed by atoms with Crippen LogP contribution in [0.5, 0.6) is 0 Å². The number of anilines is 1. The van der Waals surface area contributed by atoms with Gasteiger partial charge in [-0.3, -0.25) is 14.8 Å². The summed E-state index contributed by atoms with van der Waals surface area (Å²) >= 11 is 0. The van der Waals surface area contributed by atoms with Crippen LogP contribution in [-0.2, 0) is 6.54 Å². The molecule has 0 aliphatic heterocycles. The number of hydrogen-bond acceptors (Lipinski definition) is 4. The third kappa shape index (κ3) is 3.01. The quantitative estimate of drug-likeness (QED) is 0.820. The number of aromatic nitrogens is 2. The van der Waals surface area contributed by atoms with E-state index >= 15 is 0 Å². The molecule has 86 valence electrons. The molecule has 17 heavy (non-hydrogen) atoms. The molecule has 2 heterocycles. The van der Waals surface area contributed by atoms with Gasteiger partial charge in [0.15, 0.2) is 0 Å². The molecule has 0 saturated heterocycles. The summed E-state index contributed by atoms with van der Waals surface area (Å²) in [7, 11) is 0. The Bertz CT molecular complexity index is 513. The number of nitrogens with two attached hydrogens (primary N) is 1. The first-order chi connectivity index (χ1) is 8.25. The second-order valence-electron chi connectivity index (χ2n) is 3.48. The van der Waals surface area contributed by atoms with Crippen LogP contribution in [0.15, 0.2) is 42.7 Å². The van der Waals surface area contributed by atoms with Gasteiger partial charge < -0.3 is 11.1 Å². The minimum atomic E-state index is -0.261. The van der Waals surface area contributed by atoms with Crippen molar-refractivity contribution < 1.29 is 4.79 Å². The molecule has 5 nitrogen and oxygen atoms in total. The highest BCUT2D eigenvalue weighted by atomic mass is 16.1. The number of carbonyl (C=O) groups excluding carboxylic acids is 1. The summed E-state index contributed by atoms with van der Waals surface area (Å²) in [5.41, 5.74) is 7.19. The zero-order valence-electron chi connectivity index (χ0n) is 9.13. The molecule has 0 spiro atoms. The van der Waals surface area contributed by atoms with Gasteiger partial charge in [-0.25, -0.2) is 0 Å². The van der Waals surface area contributed by atoms with Crippen LogP contribution in [0, 0.1) is 0 Å². The highest BCUT2D eigenvalue weighted by molar-refractivity contribution is 5.92. The second-order valence-corrected chi connectivity index (χ2v) is 3.48. The standard InChI is InChI=1S/C12H12N4O/c13-9-4-6-15-11(7-9)12(17)16-8-10-3-1-2-5-14-10/h1-7H,8H2,(H2,13,15)(H,16,17). The van der Waals surface area contributed by atoms with Gasteiger partial charge in [0, 0.05) is 18.1 Å². The first-order valence-electron chi connectivity index (χ1n) is 5.15. The molecule has 0 saturated carbocycles. The molecule has 2 aromatic heterocycles. The van der Waals surface area contributed by atoms with Gasteiger partial charge >= 0.3 is 0 Å². The predicted octanol–water partition coefficient (Wildman–Crippen LogP) is 0.989. The summed E-state index contributed by atoms with van der Waals surface area (Å²) in [6.07, 6.45) is 3.19. The normalized spacial score (nSPS) is 9.88. The van der Waals surface area contributed by atoms with E-state index in [1.165, 1.54) is 12.3 Å². The third-order valence-electron chi connectivity index (χ3n) is 2.17. The van der Waals surface area contributed by atoms with Crippen molar-refractivity contribution in [3.8, 4) is 0 Å². The van der Waals surface area contributed by atoms with Crippen molar-refractivity contribution in [1.29, 1.82) is 0 Å². The molecule has 0 bridgehead atoms. The Balaban J connectivity index is 1.98. The number of rotatable bonds is 3. The van der Waals surface area contributed by atoms with Gasteiger partial charge in [-0.05, 0) is 24.3 Å². The Hall–Kier alpha value is -2.43. The van der Waals surface area contributed by atoms with Gasteiger partial charge in [0.05, 0.1) is 12.2 Å². The summed E-state index contributed by atoms with van der Waals surface area (Å²) in [4.78, 5) is 19.8. The van der Waals surface area contributed by atoms with Crippen LogP contribution in [0.1, 0.15) is 16.2 Å². The summed E-state index contributed by atoms with van der Waals surface area (Å²) in [6, 6.07) is 8.70. The molecule has 2 rings (SSSR count). The van der Waals surface area contributed by atoms with Crippen molar-refractivity contribution in [2.75, 3.05) is 5.73 Å². The van der Waals surface area contributed by atoms with E-state index in [4.69, 9.17) is 5.73 Å². The van der Waals surface area contributed by atoms with E-state index < -0.39 is 0 Å². The van der Waals surface area contributed by atoms with Crippen molar-refractivity contribution in [2.45, 2.75) is 6.54 Å². The Kier molecular flexibility index (Phi) is 3.30. The SMILES string of the molecule is Nc1ccnc(C(=O)NCc2ccccn2)c1. The monoisotopic (exact) mass is 228 g/mol. The number of hydrogen-bond donors (Lipinski definition) is 2. The van der Waals surface area contributed by atoms with Crippen molar-refractivity contribution in [3.63, 3.8) is 0 Å². The van der Waals surface area contributed by atoms with E-state index in [9.17, 15) is 4.79 Å². The van der Waals surface area contributed by atoms with E-state index in [1.807, 2.05) is 18.2 Å². The van der Waals surface area contributed by atoms with Crippen molar-refractivity contribution in [1.82, 2.24) is 15.3 Å². The maximum Gasteiger partial charge on any atom is 0.270 e. The zero-order valence-corrected chi connectivity index (χ0v) is 9.13. The number of nitrogens with one attached hydrogen (secondary N) is 1. The van der Waals surface area contributed by atoms with Crippen LogP contribution in [0.3, 0.4) is 0 Å². The predicted molar refractivity (Wildman–Crippen MR) is 64.1 cm³/mol. The first kappa shape index (κ1) is 11.1. The average molecular weight is 228 g/mol. The van der Waals surface area contributed by atoms with Gasteiger partial charge in [-0.15, -0.1) is 0 Å².